The van der Waals surface area contributed by atoms with Crippen molar-refractivity contribution in [3.63, 3.8) is 0 Å². The molecule has 1 N–H and O–H groups in total. The molecule has 0 amide bonds. The number of benzene rings is 2. The van der Waals surface area contributed by atoms with Crippen molar-refractivity contribution in [3.8, 4) is 0 Å². The van der Waals surface area contributed by atoms with E-state index in [1.165, 1.54) is 11.1 Å². The molecule has 0 aliphatic carbocycles. The summed E-state index contributed by atoms with van der Waals surface area (Å²) in [5, 5.41) is 3.37. The Kier molecular flexibility index (Phi) is 4.63. The number of hydrogen-bond donors (Lipinski definition) is 1. The maximum Gasteiger partial charge on any atom is 0.137 e. The Morgan fingerprint density at radius 3 is 2.26 bits per heavy atom. The fourth-order valence-corrected chi connectivity index (χ4v) is 2.96. The fraction of sp³-hybridized carbons (Fsp3) is 0.200. The average Bonchev–Trinajstić information content (AvgIpc) is 2.32. The van der Waals surface area contributed by atoms with Crippen LogP contribution in [0.4, 0.5) is 10.1 Å². The highest BCUT2D eigenvalue weighted by Gasteiger charge is 2.05. The average molecular weight is 387 g/mol. The van der Waals surface area contributed by atoms with E-state index in [1.54, 1.807) is 12.1 Å². The SMILES string of the molecule is Cc1cc(Br)cc(C)c1NCc1ccc(Br)c(F)c1. The minimum Gasteiger partial charge on any atom is -0.381 e. The molecule has 0 spiro atoms. The highest BCUT2D eigenvalue weighted by molar-refractivity contribution is 9.10. The Hall–Kier alpha value is -0.870. The second-order valence-electron chi connectivity index (χ2n) is 4.52. The van der Waals surface area contributed by atoms with Gasteiger partial charge in [0.05, 0.1) is 4.47 Å². The van der Waals surface area contributed by atoms with Crippen LogP contribution in [-0.2, 0) is 6.54 Å². The van der Waals surface area contributed by atoms with E-state index in [1.807, 2.05) is 6.07 Å². The third kappa shape index (κ3) is 3.57. The summed E-state index contributed by atoms with van der Waals surface area (Å²) in [6.07, 6.45) is 0. The maximum absolute atomic E-state index is 13.4. The minimum absolute atomic E-state index is 0.233. The summed E-state index contributed by atoms with van der Waals surface area (Å²) in [5.41, 5.74) is 4.36. The van der Waals surface area contributed by atoms with Crippen LogP contribution in [0.5, 0.6) is 0 Å². The van der Waals surface area contributed by atoms with Gasteiger partial charge in [0.1, 0.15) is 5.82 Å². The largest absolute Gasteiger partial charge is 0.381 e. The molecule has 2 rings (SSSR count). The highest BCUT2D eigenvalue weighted by atomic mass is 79.9. The van der Waals surface area contributed by atoms with Crippen LogP contribution in [0.1, 0.15) is 16.7 Å². The number of hydrogen-bond acceptors (Lipinski definition) is 1. The zero-order chi connectivity index (χ0) is 14.0. The van der Waals surface area contributed by atoms with Gasteiger partial charge in [-0.15, -0.1) is 0 Å². The van der Waals surface area contributed by atoms with Crippen molar-refractivity contribution in [3.05, 3.63) is 61.8 Å². The third-order valence-corrected chi connectivity index (χ3v) is 4.05. The zero-order valence-electron chi connectivity index (χ0n) is 10.7. The number of aryl methyl sites for hydroxylation is 2. The second-order valence-corrected chi connectivity index (χ2v) is 6.29. The Morgan fingerprint density at radius 2 is 1.68 bits per heavy atom. The molecular weight excluding hydrogens is 373 g/mol. The fourth-order valence-electron chi connectivity index (χ4n) is 2.03. The summed E-state index contributed by atoms with van der Waals surface area (Å²) in [7, 11) is 0. The predicted molar refractivity (Wildman–Crippen MR) is 85.0 cm³/mol. The lowest BCUT2D eigenvalue weighted by atomic mass is 10.1. The molecule has 0 bridgehead atoms. The molecule has 4 heteroatoms. The number of anilines is 1. The van der Waals surface area contributed by atoms with Gasteiger partial charge in [0.2, 0.25) is 0 Å². The maximum atomic E-state index is 13.4. The molecule has 0 saturated heterocycles. The number of nitrogens with one attached hydrogen (secondary N) is 1. The molecule has 2 aromatic carbocycles. The Morgan fingerprint density at radius 1 is 1.05 bits per heavy atom. The van der Waals surface area contributed by atoms with Crippen molar-refractivity contribution < 1.29 is 4.39 Å². The molecule has 100 valence electrons. The summed E-state index contributed by atoms with van der Waals surface area (Å²) < 4.78 is 15.0. The van der Waals surface area contributed by atoms with Gasteiger partial charge in [0.25, 0.3) is 0 Å². The van der Waals surface area contributed by atoms with E-state index in [0.29, 0.717) is 11.0 Å². The van der Waals surface area contributed by atoms with E-state index in [0.717, 1.165) is 15.7 Å². The Balaban J connectivity index is 2.16. The molecule has 0 fully saturated rings. The molecule has 19 heavy (non-hydrogen) atoms. The van der Waals surface area contributed by atoms with Crippen molar-refractivity contribution in [1.29, 1.82) is 0 Å². The van der Waals surface area contributed by atoms with Gasteiger partial charge in [-0.25, -0.2) is 4.39 Å². The molecule has 0 unspecified atom stereocenters. The van der Waals surface area contributed by atoms with Crippen molar-refractivity contribution in [1.82, 2.24) is 0 Å². The Bertz CT molecular complexity index is 588. The van der Waals surface area contributed by atoms with Crippen LogP contribution in [0.3, 0.4) is 0 Å². The smallest absolute Gasteiger partial charge is 0.137 e. The van der Waals surface area contributed by atoms with E-state index in [2.05, 4.69) is 63.2 Å². The summed E-state index contributed by atoms with van der Waals surface area (Å²) in [6.45, 7) is 4.72. The summed E-state index contributed by atoms with van der Waals surface area (Å²) >= 11 is 6.63. The third-order valence-electron chi connectivity index (χ3n) is 2.95. The van der Waals surface area contributed by atoms with E-state index in [9.17, 15) is 4.39 Å². The number of rotatable bonds is 3. The standard InChI is InChI=1S/C15H14Br2FN/c1-9-5-12(16)6-10(2)15(9)19-8-11-3-4-13(17)14(18)7-11/h3-7,19H,8H2,1-2H3. The molecule has 0 radical (unpaired) electrons. The van der Waals surface area contributed by atoms with Crippen molar-refractivity contribution in [2.75, 3.05) is 5.32 Å². The van der Waals surface area contributed by atoms with Crippen LogP contribution < -0.4 is 5.32 Å². The van der Waals surface area contributed by atoms with Gasteiger partial charge in [-0.05, 0) is 70.7 Å². The molecule has 2 aromatic rings. The van der Waals surface area contributed by atoms with Crippen LogP contribution in [0, 0.1) is 19.7 Å². The second kappa shape index (κ2) is 6.06. The molecule has 0 atom stereocenters. The topological polar surface area (TPSA) is 12.0 Å². The number of halogens is 3. The van der Waals surface area contributed by atoms with Gasteiger partial charge in [0.15, 0.2) is 0 Å². The Labute approximate surface area is 129 Å². The first kappa shape index (κ1) is 14.5. The predicted octanol–water partition coefficient (Wildman–Crippen LogP) is 5.58. The van der Waals surface area contributed by atoms with E-state index in [-0.39, 0.29) is 5.82 Å². The van der Waals surface area contributed by atoms with Crippen LogP contribution in [0.25, 0.3) is 0 Å². The van der Waals surface area contributed by atoms with Crippen LogP contribution in [0.15, 0.2) is 39.3 Å². The van der Waals surface area contributed by atoms with E-state index in [4.69, 9.17) is 0 Å². The van der Waals surface area contributed by atoms with Gasteiger partial charge in [-0.3, -0.25) is 0 Å². The summed E-state index contributed by atoms with van der Waals surface area (Å²) in [6, 6.07) is 9.31. The monoisotopic (exact) mass is 385 g/mol. The lowest BCUT2D eigenvalue weighted by Crippen LogP contribution is -2.03. The molecule has 0 aliphatic rings. The first-order valence-electron chi connectivity index (χ1n) is 5.92. The van der Waals surface area contributed by atoms with Crippen LogP contribution >= 0.6 is 31.9 Å². The van der Waals surface area contributed by atoms with Crippen LogP contribution in [0.2, 0.25) is 0 Å². The zero-order valence-corrected chi connectivity index (χ0v) is 13.9. The van der Waals surface area contributed by atoms with Gasteiger partial charge < -0.3 is 5.32 Å². The highest BCUT2D eigenvalue weighted by Crippen LogP contribution is 2.26. The van der Waals surface area contributed by atoms with Gasteiger partial charge in [-0.2, -0.15) is 0 Å². The van der Waals surface area contributed by atoms with E-state index < -0.39 is 0 Å². The molecule has 1 nitrogen and oxygen atoms in total. The van der Waals surface area contributed by atoms with Gasteiger partial charge in [-0.1, -0.05) is 22.0 Å². The van der Waals surface area contributed by atoms with Crippen molar-refractivity contribution in [2.24, 2.45) is 0 Å². The first-order chi connectivity index (χ1) is 8.97. The lowest BCUT2D eigenvalue weighted by Gasteiger charge is -2.13. The lowest BCUT2D eigenvalue weighted by molar-refractivity contribution is 0.619. The van der Waals surface area contributed by atoms with E-state index >= 15 is 0 Å². The summed E-state index contributed by atoms with van der Waals surface area (Å²) in [5.74, 6) is -0.233. The van der Waals surface area contributed by atoms with Crippen LogP contribution in [-0.4, -0.2) is 0 Å². The molecule has 0 aromatic heterocycles. The first-order valence-corrected chi connectivity index (χ1v) is 7.50. The molecular formula is C15H14Br2FN. The molecule has 0 aliphatic heterocycles. The van der Waals surface area contributed by atoms with Gasteiger partial charge >= 0.3 is 0 Å². The van der Waals surface area contributed by atoms with Crippen molar-refractivity contribution in [2.45, 2.75) is 20.4 Å². The normalized spacial score (nSPS) is 10.6. The molecule has 0 saturated carbocycles. The summed E-state index contributed by atoms with van der Waals surface area (Å²) in [4.78, 5) is 0. The minimum atomic E-state index is -0.233. The van der Waals surface area contributed by atoms with Gasteiger partial charge in [0, 0.05) is 16.7 Å². The quantitative estimate of drug-likeness (QED) is 0.725. The molecule has 0 heterocycles. The van der Waals surface area contributed by atoms with Crippen molar-refractivity contribution >= 4 is 37.5 Å².